The number of carbonyl (C=O) groups is 1. The lowest BCUT2D eigenvalue weighted by molar-refractivity contribution is -0.385. The predicted molar refractivity (Wildman–Crippen MR) is 112 cm³/mol. The van der Waals surface area contributed by atoms with Crippen LogP contribution in [0.4, 0.5) is 5.69 Å². The maximum atomic E-state index is 13.0. The van der Waals surface area contributed by atoms with Crippen LogP contribution in [0.1, 0.15) is 17.3 Å². The highest BCUT2D eigenvalue weighted by Crippen LogP contribution is 2.34. The number of amides is 1. The standard InChI is InChI=1S/C20H21N3O6S/c1-4-29-10-9-22-14-7-5-6-8-18(14)30-20(22)21-19(24)13-11-16(27-2)17(28-3)12-15(13)23(25)26/h5-8,11-12H,4,9-10H2,1-3H3. The molecule has 10 heteroatoms. The van der Waals surface area contributed by atoms with Crippen LogP contribution in [0.25, 0.3) is 10.2 Å². The fraction of sp³-hybridized carbons (Fsp3) is 0.300. The number of rotatable bonds is 8. The second-order valence-electron chi connectivity index (χ2n) is 6.10. The number of nitro groups is 1. The molecule has 0 bridgehead atoms. The summed E-state index contributed by atoms with van der Waals surface area (Å²) in [5.41, 5.74) is 0.338. The van der Waals surface area contributed by atoms with Crippen LogP contribution in [0, 0.1) is 10.1 Å². The zero-order valence-corrected chi connectivity index (χ0v) is 17.6. The number of nitrogens with zero attached hydrogens (tertiary/aromatic N) is 3. The summed E-state index contributed by atoms with van der Waals surface area (Å²) in [5, 5.41) is 11.5. The van der Waals surface area contributed by atoms with Crippen molar-refractivity contribution >= 4 is 33.1 Å². The summed E-state index contributed by atoms with van der Waals surface area (Å²) >= 11 is 1.33. The molecule has 0 saturated heterocycles. The molecule has 0 aliphatic rings. The van der Waals surface area contributed by atoms with Gasteiger partial charge in [-0.05, 0) is 19.1 Å². The summed E-state index contributed by atoms with van der Waals surface area (Å²) in [6.45, 7) is 3.43. The molecule has 0 aliphatic carbocycles. The van der Waals surface area contributed by atoms with E-state index in [4.69, 9.17) is 14.2 Å². The molecule has 0 fully saturated rings. The first kappa shape index (κ1) is 21.5. The van der Waals surface area contributed by atoms with Gasteiger partial charge >= 0.3 is 0 Å². The second kappa shape index (κ2) is 9.51. The summed E-state index contributed by atoms with van der Waals surface area (Å²) in [5.74, 6) is -0.365. The van der Waals surface area contributed by atoms with Gasteiger partial charge in [-0.15, -0.1) is 0 Å². The Hall–Kier alpha value is -3.24. The van der Waals surface area contributed by atoms with Gasteiger partial charge in [-0.2, -0.15) is 4.99 Å². The summed E-state index contributed by atoms with van der Waals surface area (Å²) in [4.78, 5) is 28.5. The van der Waals surface area contributed by atoms with Crippen molar-refractivity contribution < 1.29 is 23.9 Å². The maximum Gasteiger partial charge on any atom is 0.286 e. The lowest BCUT2D eigenvalue weighted by atomic mass is 10.1. The van der Waals surface area contributed by atoms with Crippen LogP contribution in [-0.2, 0) is 11.3 Å². The van der Waals surface area contributed by atoms with Crippen molar-refractivity contribution in [1.82, 2.24) is 4.57 Å². The summed E-state index contributed by atoms with van der Waals surface area (Å²) in [7, 11) is 2.76. The molecule has 1 amide bonds. The van der Waals surface area contributed by atoms with E-state index in [1.807, 2.05) is 35.8 Å². The van der Waals surface area contributed by atoms with Gasteiger partial charge < -0.3 is 18.8 Å². The van der Waals surface area contributed by atoms with Crippen LogP contribution in [0.3, 0.4) is 0 Å². The SMILES string of the molecule is CCOCCn1c(=NC(=O)c2cc(OC)c(OC)cc2[N+](=O)[O-])sc2ccccc21. The number of hydrogen-bond donors (Lipinski definition) is 0. The molecule has 0 N–H and O–H groups in total. The Kier molecular flexibility index (Phi) is 6.80. The Morgan fingerprint density at radius 2 is 1.90 bits per heavy atom. The Morgan fingerprint density at radius 1 is 1.20 bits per heavy atom. The number of fused-ring (bicyclic) bond motifs is 1. The minimum Gasteiger partial charge on any atom is -0.493 e. The van der Waals surface area contributed by atoms with Crippen molar-refractivity contribution in [3.63, 3.8) is 0 Å². The van der Waals surface area contributed by atoms with Crippen molar-refractivity contribution in [2.75, 3.05) is 27.4 Å². The highest BCUT2D eigenvalue weighted by molar-refractivity contribution is 7.16. The molecular weight excluding hydrogens is 410 g/mol. The number of benzene rings is 2. The molecule has 1 aromatic heterocycles. The molecule has 158 valence electrons. The summed E-state index contributed by atoms with van der Waals surface area (Å²) < 4.78 is 18.6. The van der Waals surface area contributed by atoms with Gasteiger partial charge in [0.1, 0.15) is 5.56 Å². The van der Waals surface area contributed by atoms with Crippen LogP contribution in [0.2, 0.25) is 0 Å². The number of nitro benzene ring substituents is 1. The molecule has 2 aromatic carbocycles. The Labute approximate surface area is 176 Å². The first-order valence-electron chi connectivity index (χ1n) is 9.15. The Bertz CT molecular complexity index is 1150. The third-order valence-corrected chi connectivity index (χ3v) is 5.44. The van der Waals surface area contributed by atoms with E-state index in [1.54, 1.807) is 0 Å². The van der Waals surface area contributed by atoms with Crippen molar-refractivity contribution in [2.24, 2.45) is 4.99 Å². The third kappa shape index (κ3) is 4.34. The van der Waals surface area contributed by atoms with Crippen molar-refractivity contribution in [3.8, 4) is 11.5 Å². The molecule has 0 unspecified atom stereocenters. The summed E-state index contributed by atoms with van der Waals surface area (Å²) in [6, 6.07) is 10.1. The number of thiazole rings is 1. The van der Waals surface area contributed by atoms with E-state index in [2.05, 4.69) is 4.99 Å². The molecule has 3 aromatic rings. The second-order valence-corrected chi connectivity index (χ2v) is 7.11. The van der Waals surface area contributed by atoms with Gasteiger partial charge in [0.05, 0.1) is 42.0 Å². The fourth-order valence-electron chi connectivity index (χ4n) is 2.96. The largest absolute Gasteiger partial charge is 0.493 e. The average molecular weight is 431 g/mol. The van der Waals surface area contributed by atoms with Gasteiger partial charge in [-0.25, -0.2) is 0 Å². The van der Waals surface area contributed by atoms with Crippen molar-refractivity contribution in [1.29, 1.82) is 0 Å². The topological polar surface area (TPSA) is 105 Å². The van der Waals surface area contributed by atoms with Gasteiger partial charge in [0.25, 0.3) is 11.6 Å². The van der Waals surface area contributed by atoms with Gasteiger partial charge in [0.2, 0.25) is 0 Å². The lowest BCUT2D eigenvalue weighted by Crippen LogP contribution is -2.20. The molecular formula is C20H21N3O6S. The molecule has 0 radical (unpaired) electrons. The van der Waals surface area contributed by atoms with E-state index >= 15 is 0 Å². The predicted octanol–water partition coefficient (Wildman–Crippen LogP) is 3.41. The van der Waals surface area contributed by atoms with E-state index < -0.39 is 16.5 Å². The van der Waals surface area contributed by atoms with Crippen LogP contribution in [0.15, 0.2) is 41.4 Å². The zero-order chi connectivity index (χ0) is 21.7. The van der Waals surface area contributed by atoms with Gasteiger partial charge in [0, 0.05) is 19.2 Å². The van der Waals surface area contributed by atoms with Crippen LogP contribution in [-0.4, -0.2) is 42.8 Å². The molecule has 0 atom stereocenters. The maximum absolute atomic E-state index is 13.0. The van der Waals surface area contributed by atoms with Gasteiger partial charge in [-0.1, -0.05) is 23.5 Å². The van der Waals surface area contributed by atoms with Crippen molar-refractivity contribution in [3.05, 3.63) is 56.9 Å². The zero-order valence-electron chi connectivity index (χ0n) is 16.8. The molecule has 3 rings (SSSR count). The quantitative estimate of drug-likeness (QED) is 0.307. The molecule has 9 nitrogen and oxygen atoms in total. The van der Waals surface area contributed by atoms with Gasteiger partial charge in [-0.3, -0.25) is 14.9 Å². The van der Waals surface area contributed by atoms with Crippen LogP contribution >= 0.6 is 11.3 Å². The number of ether oxygens (including phenoxy) is 3. The number of methoxy groups -OCH3 is 2. The highest BCUT2D eigenvalue weighted by Gasteiger charge is 2.24. The number of aromatic nitrogens is 1. The first-order valence-corrected chi connectivity index (χ1v) is 9.97. The average Bonchev–Trinajstić information content (AvgIpc) is 3.09. The van der Waals surface area contributed by atoms with Crippen molar-refractivity contribution in [2.45, 2.75) is 13.5 Å². The molecule has 0 saturated carbocycles. The van der Waals surface area contributed by atoms with Crippen LogP contribution in [0.5, 0.6) is 11.5 Å². The lowest BCUT2D eigenvalue weighted by Gasteiger charge is -2.09. The van der Waals surface area contributed by atoms with Crippen LogP contribution < -0.4 is 14.3 Å². The third-order valence-electron chi connectivity index (χ3n) is 4.38. The normalized spacial score (nSPS) is 11.6. The van der Waals surface area contributed by atoms with E-state index in [-0.39, 0.29) is 17.1 Å². The number of hydrogen-bond acceptors (Lipinski definition) is 7. The molecule has 0 spiro atoms. The minimum absolute atomic E-state index is 0.161. The smallest absolute Gasteiger partial charge is 0.286 e. The molecule has 0 aliphatic heterocycles. The molecule has 1 heterocycles. The molecule has 30 heavy (non-hydrogen) atoms. The Morgan fingerprint density at radius 3 is 2.57 bits per heavy atom. The Balaban J connectivity index is 2.13. The fourth-order valence-corrected chi connectivity index (χ4v) is 4.01. The van der Waals surface area contributed by atoms with Gasteiger partial charge in [0.15, 0.2) is 16.3 Å². The number of para-hydroxylation sites is 1. The minimum atomic E-state index is -0.737. The van der Waals surface area contributed by atoms with E-state index in [0.717, 1.165) is 16.3 Å². The summed E-state index contributed by atoms with van der Waals surface area (Å²) in [6.07, 6.45) is 0. The first-order chi connectivity index (χ1) is 14.5. The monoisotopic (exact) mass is 431 g/mol. The van der Waals surface area contributed by atoms with E-state index in [9.17, 15) is 14.9 Å². The highest BCUT2D eigenvalue weighted by atomic mass is 32.1. The number of carbonyl (C=O) groups excluding carboxylic acids is 1. The van der Waals surface area contributed by atoms with E-state index in [1.165, 1.54) is 31.6 Å². The van der Waals surface area contributed by atoms with E-state index in [0.29, 0.717) is 24.6 Å².